The topological polar surface area (TPSA) is 97.4 Å². The minimum atomic E-state index is -0.646. The zero-order valence-electron chi connectivity index (χ0n) is 16.7. The van der Waals surface area contributed by atoms with Gasteiger partial charge in [0.25, 0.3) is 5.56 Å². The number of fused-ring (bicyclic) bond motifs is 1. The predicted octanol–water partition coefficient (Wildman–Crippen LogP) is 1.01. The first-order valence-corrected chi connectivity index (χ1v) is 9.33. The Bertz CT molecular complexity index is 1110. The number of ether oxygens (including phenoxy) is 2. The van der Waals surface area contributed by atoms with Gasteiger partial charge in [0.2, 0.25) is 0 Å². The molecular weight excluding hydrogens is 376 g/mol. The third-order valence-electron chi connectivity index (χ3n) is 4.36. The number of nitrogens with zero attached hydrogens (tertiary/aromatic N) is 4. The quantitative estimate of drug-likeness (QED) is 0.524. The molecule has 0 amide bonds. The summed E-state index contributed by atoms with van der Waals surface area (Å²) < 4.78 is 14.1. The van der Waals surface area contributed by atoms with Crippen LogP contribution in [0.15, 0.2) is 46.2 Å². The van der Waals surface area contributed by atoms with Crippen molar-refractivity contribution in [2.75, 3.05) is 13.7 Å². The Labute approximate surface area is 167 Å². The molecule has 0 spiro atoms. The summed E-state index contributed by atoms with van der Waals surface area (Å²) in [5.74, 6) is -0.646. The molecule has 29 heavy (non-hydrogen) atoms. The normalized spacial score (nSPS) is 11.3. The fourth-order valence-corrected chi connectivity index (χ4v) is 3.08. The number of aromatic nitrogens is 4. The van der Waals surface area contributed by atoms with Gasteiger partial charge in [-0.1, -0.05) is 30.3 Å². The molecule has 2 aromatic heterocycles. The van der Waals surface area contributed by atoms with Gasteiger partial charge in [-0.2, -0.15) is 0 Å². The Kier molecular flexibility index (Phi) is 6.28. The first-order chi connectivity index (χ1) is 13.9. The zero-order chi connectivity index (χ0) is 21.0. The van der Waals surface area contributed by atoms with E-state index < -0.39 is 23.8 Å². The van der Waals surface area contributed by atoms with Crippen LogP contribution in [0.1, 0.15) is 19.4 Å². The molecule has 2 heterocycles. The fourth-order valence-electron chi connectivity index (χ4n) is 3.08. The van der Waals surface area contributed by atoms with Gasteiger partial charge in [-0.05, 0) is 19.4 Å². The van der Waals surface area contributed by atoms with Crippen molar-refractivity contribution in [1.29, 1.82) is 0 Å². The van der Waals surface area contributed by atoms with Gasteiger partial charge in [0.05, 0.1) is 25.6 Å². The Balaban J connectivity index is 2.16. The van der Waals surface area contributed by atoms with Crippen LogP contribution < -0.4 is 11.2 Å². The molecule has 3 rings (SSSR count). The largest absolute Gasteiger partial charge is 0.462 e. The third-order valence-corrected chi connectivity index (χ3v) is 4.36. The summed E-state index contributed by atoms with van der Waals surface area (Å²) in [6.45, 7) is 3.93. The van der Waals surface area contributed by atoms with Crippen molar-refractivity contribution in [3.05, 3.63) is 63.1 Å². The number of carbonyl (C=O) groups excluding carboxylic acids is 1. The van der Waals surface area contributed by atoms with Crippen molar-refractivity contribution in [1.82, 2.24) is 18.7 Å². The van der Waals surface area contributed by atoms with E-state index in [1.54, 1.807) is 25.5 Å². The maximum absolute atomic E-state index is 13.1. The van der Waals surface area contributed by atoms with Crippen LogP contribution >= 0.6 is 0 Å². The number of imidazole rings is 1. The van der Waals surface area contributed by atoms with E-state index in [1.165, 1.54) is 10.9 Å². The van der Waals surface area contributed by atoms with Crippen LogP contribution in [0, 0.1) is 0 Å². The summed E-state index contributed by atoms with van der Waals surface area (Å²) in [5.41, 5.74) is 0.202. The number of methoxy groups -OCH3 is 1. The fraction of sp³-hybridized carbons (Fsp3) is 0.400. The van der Waals surface area contributed by atoms with Crippen molar-refractivity contribution < 1.29 is 14.3 Å². The number of rotatable bonds is 8. The average Bonchev–Trinajstić information content (AvgIpc) is 3.11. The van der Waals surface area contributed by atoms with E-state index in [0.29, 0.717) is 13.2 Å². The van der Waals surface area contributed by atoms with E-state index in [1.807, 2.05) is 30.3 Å². The highest BCUT2D eigenvalue weighted by Crippen LogP contribution is 2.10. The van der Waals surface area contributed by atoms with Crippen molar-refractivity contribution in [3.63, 3.8) is 0 Å². The van der Waals surface area contributed by atoms with Crippen LogP contribution in [-0.4, -0.2) is 44.5 Å². The van der Waals surface area contributed by atoms with Crippen LogP contribution in [-0.2, 0) is 33.9 Å². The highest BCUT2D eigenvalue weighted by atomic mass is 16.5. The second kappa shape index (κ2) is 8.87. The number of benzene rings is 1. The molecule has 0 unspecified atom stereocenters. The molecule has 0 saturated heterocycles. The summed E-state index contributed by atoms with van der Waals surface area (Å²) >= 11 is 0. The maximum Gasteiger partial charge on any atom is 0.333 e. The van der Waals surface area contributed by atoms with Gasteiger partial charge in [0.15, 0.2) is 11.2 Å². The van der Waals surface area contributed by atoms with Crippen LogP contribution in [0.4, 0.5) is 0 Å². The summed E-state index contributed by atoms with van der Waals surface area (Å²) in [6, 6.07) is 9.37. The van der Waals surface area contributed by atoms with E-state index in [0.717, 1.165) is 10.1 Å². The standard InChI is InChI=1S/C20H24N4O5/c1-14(2)29-16(25)12-24-19(26)17-18(21-13-22(17)9-10-28-3)23(20(24)27)11-15-7-5-4-6-8-15/h4-8,13-14H,9-12H2,1-3H3. The van der Waals surface area contributed by atoms with E-state index in [4.69, 9.17) is 9.47 Å². The Morgan fingerprint density at radius 2 is 1.86 bits per heavy atom. The van der Waals surface area contributed by atoms with Crippen LogP contribution in [0.5, 0.6) is 0 Å². The van der Waals surface area contributed by atoms with E-state index >= 15 is 0 Å². The van der Waals surface area contributed by atoms with Crippen LogP contribution in [0.2, 0.25) is 0 Å². The molecular formula is C20H24N4O5. The lowest BCUT2D eigenvalue weighted by Crippen LogP contribution is -2.43. The molecule has 0 atom stereocenters. The second-order valence-electron chi connectivity index (χ2n) is 6.89. The molecule has 1 aromatic carbocycles. The minimum Gasteiger partial charge on any atom is -0.462 e. The highest BCUT2D eigenvalue weighted by Gasteiger charge is 2.20. The van der Waals surface area contributed by atoms with Crippen molar-refractivity contribution in [3.8, 4) is 0 Å². The van der Waals surface area contributed by atoms with Crippen molar-refractivity contribution >= 4 is 17.1 Å². The Morgan fingerprint density at radius 1 is 1.14 bits per heavy atom. The molecule has 0 aliphatic rings. The number of esters is 1. The van der Waals surface area contributed by atoms with Gasteiger partial charge in [-0.3, -0.25) is 14.2 Å². The van der Waals surface area contributed by atoms with E-state index in [-0.39, 0.29) is 23.8 Å². The van der Waals surface area contributed by atoms with Crippen LogP contribution in [0.3, 0.4) is 0 Å². The molecule has 0 N–H and O–H groups in total. The van der Waals surface area contributed by atoms with E-state index in [9.17, 15) is 14.4 Å². The van der Waals surface area contributed by atoms with Crippen molar-refractivity contribution in [2.24, 2.45) is 0 Å². The molecule has 0 aliphatic carbocycles. The molecule has 3 aromatic rings. The summed E-state index contributed by atoms with van der Waals surface area (Å²) in [5, 5.41) is 0. The summed E-state index contributed by atoms with van der Waals surface area (Å²) in [7, 11) is 1.56. The summed E-state index contributed by atoms with van der Waals surface area (Å²) in [6.07, 6.45) is 1.16. The maximum atomic E-state index is 13.1. The van der Waals surface area contributed by atoms with Gasteiger partial charge in [0.1, 0.15) is 6.54 Å². The summed E-state index contributed by atoms with van der Waals surface area (Å²) in [4.78, 5) is 42.6. The lowest BCUT2D eigenvalue weighted by atomic mass is 10.2. The minimum absolute atomic E-state index is 0.219. The average molecular weight is 400 g/mol. The highest BCUT2D eigenvalue weighted by molar-refractivity contribution is 5.72. The van der Waals surface area contributed by atoms with Crippen LogP contribution in [0.25, 0.3) is 11.2 Å². The molecule has 0 aliphatic heterocycles. The molecule has 0 bridgehead atoms. The van der Waals surface area contributed by atoms with Crippen molar-refractivity contribution in [2.45, 2.75) is 39.6 Å². The smallest absolute Gasteiger partial charge is 0.333 e. The van der Waals surface area contributed by atoms with Gasteiger partial charge in [0, 0.05) is 13.7 Å². The molecule has 9 nitrogen and oxygen atoms in total. The Morgan fingerprint density at radius 3 is 2.52 bits per heavy atom. The molecule has 0 radical (unpaired) electrons. The zero-order valence-corrected chi connectivity index (χ0v) is 16.7. The SMILES string of the molecule is COCCn1cnc2c1c(=O)n(CC(=O)OC(C)C)c(=O)n2Cc1ccccc1. The van der Waals surface area contributed by atoms with Gasteiger partial charge in [-0.15, -0.1) is 0 Å². The second-order valence-corrected chi connectivity index (χ2v) is 6.89. The first-order valence-electron chi connectivity index (χ1n) is 9.33. The lowest BCUT2D eigenvalue weighted by Gasteiger charge is -2.13. The molecule has 154 valence electrons. The molecule has 0 fully saturated rings. The monoisotopic (exact) mass is 400 g/mol. The number of hydrogen-bond donors (Lipinski definition) is 0. The number of hydrogen-bond acceptors (Lipinski definition) is 6. The van der Waals surface area contributed by atoms with E-state index in [2.05, 4.69) is 4.98 Å². The number of carbonyl (C=O) groups is 1. The molecule has 9 heteroatoms. The lowest BCUT2D eigenvalue weighted by molar-refractivity contribution is -0.148. The third kappa shape index (κ3) is 4.45. The molecule has 0 saturated carbocycles. The predicted molar refractivity (Wildman–Crippen MR) is 107 cm³/mol. The van der Waals surface area contributed by atoms with Gasteiger partial charge < -0.3 is 14.0 Å². The Hall–Kier alpha value is -3.20. The van der Waals surface area contributed by atoms with Gasteiger partial charge in [-0.25, -0.2) is 14.3 Å². The van der Waals surface area contributed by atoms with Gasteiger partial charge >= 0.3 is 11.7 Å². The first kappa shape index (κ1) is 20.5.